The van der Waals surface area contributed by atoms with Gasteiger partial charge < -0.3 is 10.2 Å². The molecular weight excluding hydrogens is 322 g/mol. The standard InChI is InChI=1S/C15H13NO4S2/c17-9-11(14(19)20)16-13(18)12(22-15(16)21)8-4-7-10-5-2-1-3-6-10/h1-8,11,17H,9H2,(H,19,20)/b7-4+,12-8-/t11-/m1/s1. The Hall–Kier alpha value is -1.96. The van der Waals surface area contributed by atoms with Gasteiger partial charge in [-0.05, 0) is 11.6 Å². The first-order chi connectivity index (χ1) is 10.5. The quantitative estimate of drug-likeness (QED) is 0.632. The van der Waals surface area contributed by atoms with Crippen LogP contribution in [0.5, 0.6) is 0 Å². The fraction of sp³-hybridized carbons (Fsp3) is 0.133. The average molecular weight is 335 g/mol. The van der Waals surface area contributed by atoms with E-state index in [2.05, 4.69) is 0 Å². The third-order valence-electron chi connectivity index (χ3n) is 2.93. The molecule has 1 atom stereocenters. The molecule has 5 nitrogen and oxygen atoms in total. The van der Waals surface area contributed by atoms with Crippen LogP contribution in [-0.2, 0) is 9.59 Å². The minimum Gasteiger partial charge on any atom is -0.480 e. The van der Waals surface area contributed by atoms with Crippen molar-refractivity contribution in [3.63, 3.8) is 0 Å². The second kappa shape index (κ2) is 7.35. The Morgan fingerprint density at radius 2 is 2.05 bits per heavy atom. The normalized spacial score (nSPS) is 18.4. The van der Waals surface area contributed by atoms with Crippen molar-refractivity contribution in [1.29, 1.82) is 0 Å². The Morgan fingerprint density at radius 3 is 2.64 bits per heavy atom. The molecule has 0 saturated carbocycles. The molecule has 0 aliphatic carbocycles. The number of allylic oxidation sites excluding steroid dienone is 2. The first-order valence-electron chi connectivity index (χ1n) is 6.37. The van der Waals surface area contributed by atoms with Crippen LogP contribution in [0, 0.1) is 0 Å². The van der Waals surface area contributed by atoms with Gasteiger partial charge in [0.2, 0.25) is 0 Å². The number of carbonyl (C=O) groups excluding carboxylic acids is 1. The van der Waals surface area contributed by atoms with Crippen molar-refractivity contribution in [1.82, 2.24) is 4.90 Å². The third-order valence-corrected chi connectivity index (χ3v) is 4.28. The van der Waals surface area contributed by atoms with Crippen LogP contribution >= 0.6 is 24.0 Å². The number of thiocarbonyl (C=S) groups is 1. The summed E-state index contributed by atoms with van der Waals surface area (Å²) in [6.07, 6.45) is 5.12. The molecule has 1 fully saturated rings. The summed E-state index contributed by atoms with van der Waals surface area (Å²) in [5.41, 5.74) is 0.980. The molecule has 0 unspecified atom stereocenters. The molecule has 1 heterocycles. The highest BCUT2D eigenvalue weighted by Crippen LogP contribution is 2.32. The van der Waals surface area contributed by atoms with E-state index in [4.69, 9.17) is 22.4 Å². The molecule has 1 amide bonds. The number of carboxylic acid groups (broad SMARTS) is 1. The van der Waals surface area contributed by atoms with Crippen molar-refractivity contribution < 1.29 is 19.8 Å². The van der Waals surface area contributed by atoms with Gasteiger partial charge in [0.25, 0.3) is 5.91 Å². The molecular formula is C15H13NO4S2. The predicted octanol–water partition coefficient (Wildman–Crippen LogP) is 1.89. The highest BCUT2D eigenvalue weighted by atomic mass is 32.2. The van der Waals surface area contributed by atoms with E-state index in [0.29, 0.717) is 4.91 Å². The Morgan fingerprint density at radius 1 is 1.36 bits per heavy atom. The van der Waals surface area contributed by atoms with Gasteiger partial charge in [0.05, 0.1) is 11.5 Å². The first kappa shape index (κ1) is 16.4. The topological polar surface area (TPSA) is 77.8 Å². The van der Waals surface area contributed by atoms with Gasteiger partial charge in [0.1, 0.15) is 4.32 Å². The molecule has 0 radical (unpaired) electrons. The van der Waals surface area contributed by atoms with Crippen molar-refractivity contribution >= 4 is 46.3 Å². The van der Waals surface area contributed by atoms with Gasteiger partial charge in [-0.2, -0.15) is 0 Å². The van der Waals surface area contributed by atoms with Gasteiger partial charge in [-0.15, -0.1) is 0 Å². The van der Waals surface area contributed by atoms with E-state index in [0.717, 1.165) is 22.2 Å². The van der Waals surface area contributed by atoms with Gasteiger partial charge in [-0.25, -0.2) is 4.79 Å². The maximum absolute atomic E-state index is 12.2. The Bertz CT molecular complexity index is 655. The number of aliphatic carboxylic acids is 1. The molecule has 0 spiro atoms. The van der Waals surface area contributed by atoms with Crippen LogP contribution in [0.3, 0.4) is 0 Å². The second-order valence-corrected chi connectivity index (χ2v) is 6.06. The predicted molar refractivity (Wildman–Crippen MR) is 89.1 cm³/mol. The summed E-state index contributed by atoms with van der Waals surface area (Å²) in [5.74, 6) is -1.80. The molecule has 1 aliphatic heterocycles. The lowest BCUT2D eigenvalue weighted by atomic mass is 10.2. The van der Waals surface area contributed by atoms with Crippen molar-refractivity contribution in [2.75, 3.05) is 6.61 Å². The van der Waals surface area contributed by atoms with Crippen LogP contribution in [0.15, 0.2) is 47.4 Å². The van der Waals surface area contributed by atoms with Crippen molar-refractivity contribution in [2.24, 2.45) is 0 Å². The first-order valence-corrected chi connectivity index (χ1v) is 7.59. The molecule has 2 N–H and O–H groups in total. The van der Waals surface area contributed by atoms with E-state index in [-0.39, 0.29) is 4.32 Å². The summed E-state index contributed by atoms with van der Waals surface area (Å²) in [6.45, 7) is -0.686. The molecule has 1 aromatic rings. The molecule has 0 bridgehead atoms. The molecule has 1 saturated heterocycles. The lowest BCUT2D eigenvalue weighted by Gasteiger charge is -2.20. The molecule has 2 rings (SSSR count). The SMILES string of the molecule is O=C(O)[C@@H](CO)N1C(=O)/C(=C/C=C/c2ccccc2)SC1=S. The number of carbonyl (C=O) groups is 2. The Balaban J connectivity index is 2.16. The van der Waals surface area contributed by atoms with E-state index in [1.54, 1.807) is 12.2 Å². The summed E-state index contributed by atoms with van der Waals surface area (Å²) < 4.78 is 0.130. The van der Waals surface area contributed by atoms with Crippen LogP contribution in [0.25, 0.3) is 6.08 Å². The molecule has 22 heavy (non-hydrogen) atoms. The lowest BCUT2D eigenvalue weighted by molar-refractivity contribution is -0.146. The summed E-state index contributed by atoms with van der Waals surface area (Å²) in [5, 5.41) is 18.2. The number of hydrogen-bond acceptors (Lipinski definition) is 5. The fourth-order valence-corrected chi connectivity index (χ4v) is 3.15. The smallest absolute Gasteiger partial charge is 0.329 e. The van der Waals surface area contributed by atoms with Gasteiger partial charge in [0.15, 0.2) is 6.04 Å². The number of hydrogen-bond donors (Lipinski definition) is 2. The van der Waals surface area contributed by atoms with Crippen LogP contribution in [0.1, 0.15) is 5.56 Å². The highest BCUT2D eigenvalue weighted by Gasteiger charge is 2.39. The summed E-state index contributed by atoms with van der Waals surface area (Å²) in [7, 11) is 0. The molecule has 1 aliphatic rings. The Labute approximate surface area is 136 Å². The largest absolute Gasteiger partial charge is 0.480 e. The van der Waals surface area contributed by atoms with Crippen molar-refractivity contribution in [3.05, 3.63) is 53.0 Å². The molecule has 7 heteroatoms. The highest BCUT2D eigenvalue weighted by molar-refractivity contribution is 8.26. The van der Waals surface area contributed by atoms with Crippen LogP contribution < -0.4 is 0 Å². The Kier molecular flexibility index (Phi) is 5.48. The molecule has 114 valence electrons. The number of benzene rings is 1. The van der Waals surface area contributed by atoms with Gasteiger partial charge in [0, 0.05) is 0 Å². The van der Waals surface area contributed by atoms with Gasteiger partial charge in [-0.1, -0.05) is 66.5 Å². The number of aliphatic hydroxyl groups excluding tert-OH is 1. The molecule has 1 aromatic carbocycles. The minimum atomic E-state index is -1.35. The summed E-state index contributed by atoms with van der Waals surface area (Å²) in [4.78, 5) is 24.5. The van der Waals surface area contributed by atoms with Crippen molar-refractivity contribution in [3.8, 4) is 0 Å². The number of aliphatic hydroxyl groups is 1. The second-order valence-electron chi connectivity index (χ2n) is 4.38. The number of amides is 1. The maximum atomic E-state index is 12.2. The zero-order chi connectivity index (χ0) is 16.1. The number of thioether (sulfide) groups is 1. The third kappa shape index (κ3) is 3.62. The minimum absolute atomic E-state index is 0.130. The lowest BCUT2D eigenvalue weighted by Crippen LogP contribution is -2.46. The number of rotatable bonds is 5. The summed E-state index contributed by atoms with van der Waals surface area (Å²) in [6, 6.07) is 8.19. The number of carboxylic acids is 1. The van der Waals surface area contributed by atoms with E-state index in [1.165, 1.54) is 0 Å². The maximum Gasteiger partial charge on any atom is 0.329 e. The fourth-order valence-electron chi connectivity index (χ4n) is 1.84. The van der Waals surface area contributed by atoms with Crippen molar-refractivity contribution in [2.45, 2.75) is 6.04 Å². The van der Waals surface area contributed by atoms with Crippen LogP contribution in [-0.4, -0.2) is 44.0 Å². The average Bonchev–Trinajstić information content (AvgIpc) is 2.77. The zero-order valence-electron chi connectivity index (χ0n) is 11.4. The molecule has 0 aromatic heterocycles. The van der Waals surface area contributed by atoms with Gasteiger partial charge in [-0.3, -0.25) is 9.69 Å². The van der Waals surface area contributed by atoms with Gasteiger partial charge >= 0.3 is 5.97 Å². The van der Waals surface area contributed by atoms with E-state index in [1.807, 2.05) is 36.4 Å². The van der Waals surface area contributed by atoms with E-state index in [9.17, 15) is 9.59 Å². The zero-order valence-corrected chi connectivity index (χ0v) is 13.0. The van der Waals surface area contributed by atoms with Crippen LogP contribution in [0.4, 0.5) is 0 Å². The monoisotopic (exact) mass is 335 g/mol. The number of nitrogens with zero attached hydrogens (tertiary/aromatic N) is 1. The summed E-state index contributed by atoms with van der Waals surface area (Å²) >= 11 is 6.05. The van der Waals surface area contributed by atoms with Crippen LogP contribution in [0.2, 0.25) is 0 Å². The van der Waals surface area contributed by atoms with E-state index >= 15 is 0 Å². The van der Waals surface area contributed by atoms with E-state index < -0.39 is 24.5 Å².